The molecule has 1 heterocycles. The van der Waals surface area contributed by atoms with Gasteiger partial charge in [-0.25, -0.2) is 4.98 Å². The van der Waals surface area contributed by atoms with Crippen LogP contribution in [-0.2, 0) is 6.42 Å². The summed E-state index contributed by atoms with van der Waals surface area (Å²) in [5.74, 6) is 0.755. The van der Waals surface area contributed by atoms with Crippen molar-refractivity contribution in [3.63, 3.8) is 0 Å². The lowest BCUT2D eigenvalue weighted by molar-refractivity contribution is 0.796. The van der Waals surface area contributed by atoms with Gasteiger partial charge in [0, 0.05) is 5.88 Å². The normalized spacial score (nSPS) is 10.9. The van der Waals surface area contributed by atoms with Gasteiger partial charge in [-0.2, -0.15) is 0 Å². The van der Waals surface area contributed by atoms with Crippen LogP contribution in [0.1, 0.15) is 17.8 Å². The number of hydrogen-bond donors (Lipinski definition) is 0. The third kappa shape index (κ3) is 2.25. The molecule has 1 nitrogen and oxygen atoms in total. The van der Waals surface area contributed by atoms with Gasteiger partial charge in [0.1, 0.15) is 0 Å². The molecule has 0 amide bonds. The van der Waals surface area contributed by atoms with Gasteiger partial charge in [-0.3, -0.25) is 0 Å². The number of aryl methyl sites for hydroxylation is 1. The van der Waals surface area contributed by atoms with Gasteiger partial charge in [-0.15, -0.1) is 22.9 Å². The third-order valence-corrected chi connectivity index (χ3v) is 3.48. The van der Waals surface area contributed by atoms with Crippen LogP contribution >= 0.6 is 22.9 Å². The monoisotopic (exact) mass is 225 g/mol. The fraction of sp³-hybridized carbons (Fsp3) is 0.364. The number of unbranched alkanes of at least 4 members (excludes halogenated alkanes) is 1. The molecule has 0 aliphatic carbocycles. The Bertz CT molecular complexity index is 377. The second-order valence-electron chi connectivity index (χ2n) is 3.22. The zero-order valence-corrected chi connectivity index (χ0v) is 9.44. The number of rotatable bonds is 4. The smallest absolute Gasteiger partial charge is 0.0938 e. The number of halogens is 1. The molecule has 0 saturated carbocycles. The van der Waals surface area contributed by atoms with Crippen molar-refractivity contribution in [3.8, 4) is 0 Å². The zero-order valence-electron chi connectivity index (χ0n) is 7.87. The number of aromatic nitrogens is 1. The number of hydrogen-bond acceptors (Lipinski definition) is 2. The molecule has 0 aliphatic heterocycles. The molecule has 2 aromatic rings. The quantitative estimate of drug-likeness (QED) is 0.569. The summed E-state index contributed by atoms with van der Waals surface area (Å²) in [6.45, 7) is 0. The maximum absolute atomic E-state index is 5.63. The SMILES string of the molecule is ClCCCCc1nc2ccccc2s1. The Hall–Kier alpha value is -0.600. The maximum Gasteiger partial charge on any atom is 0.0938 e. The highest BCUT2D eigenvalue weighted by atomic mass is 35.5. The standard InChI is InChI=1S/C11H12ClNS/c12-8-4-3-7-11-13-9-5-1-2-6-10(9)14-11/h1-2,5-6H,3-4,7-8H2. The fourth-order valence-corrected chi connectivity index (χ4v) is 2.60. The van der Waals surface area contributed by atoms with Crippen molar-refractivity contribution in [3.05, 3.63) is 29.3 Å². The molecule has 1 aromatic heterocycles. The van der Waals surface area contributed by atoms with Gasteiger partial charge in [0.05, 0.1) is 15.2 Å². The van der Waals surface area contributed by atoms with Crippen molar-refractivity contribution in [1.82, 2.24) is 4.98 Å². The first kappa shape index (κ1) is 9.94. The molecule has 0 bridgehead atoms. The predicted molar refractivity (Wildman–Crippen MR) is 63.3 cm³/mol. The molecule has 0 saturated heterocycles. The van der Waals surface area contributed by atoms with Gasteiger partial charge >= 0.3 is 0 Å². The number of benzene rings is 1. The largest absolute Gasteiger partial charge is 0.241 e. The number of alkyl halides is 1. The van der Waals surface area contributed by atoms with Gasteiger partial charge in [0.25, 0.3) is 0 Å². The van der Waals surface area contributed by atoms with E-state index in [1.54, 1.807) is 11.3 Å². The molecule has 14 heavy (non-hydrogen) atoms. The Morgan fingerprint density at radius 2 is 2.07 bits per heavy atom. The van der Waals surface area contributed by atoms with E-state index in [-0.39, 0.29) is 0 Å². The molecule has 0 atom stereocenters. The molecule has 0 aliphatic rings. The summed E-state index contributed by atoms with van der Waals surface area (Å²) in [6, 6.07) is 8.28. The first-order valence-corrected chi connectivity index (χ1v) is 6.15. The average Bonchev–Trinajstić information content (AvgIpc) is 2.60. The fourth-order valence-electron chi connectivity index (χ4n) is 1.40. The first-order chi connectivity index (χ1) is 6.90. The van der Waals surface area contributed by atoms with Crippen LogP contribution in [0.3, 0.4) is 0 Å². The van der Waals surface area contributed by atoms with Gasteiger partial charge in [0.15, 0.2) is 0 Å². The highest BCUT2D eigenvalue weighted by Gasteiger charge is 2.01. The summed E-state index contributed by atoms with van der Waals surface area (Å²) >= 11 is 7.42. The van der Waals surface area contributed by atoms with Crippen LogP contribution < -0.4 is 0 Å². The van der Waals surface area contributed by atoms with E-state index in [2.05, 4.69) is 23.2 Å². The van der Waals surface area contributed by atoms with Crippen LogP contribution in [0.2, 0.25) is 0 Å². The van der Waals surface area contributed by atoms with Crippen molar-refractivity contribution in [1.29, 1.82) is 0 Å². The molecular formula is C11H12ClNS. The number of para-hydroxylation sites is 1. The van der Waals surface area contributed by atoms with Crippen molar-refractivity contribution in [2.24, 2.45) is 0 Å². The minimum absolute atomic E-state index is 0.755. The van der Waals surface area contributed by atoms with Crippen LogP contribution in [0.15, 0.2) is 24.3 Å². The second kappa shape index (κ2) is 4.76. The summed E-state index contributed by atoms with van der Waals surface area (Å²) in [5.41, 5.74) is 1.12. The van der Waals surface area contributed by atoms with Gasteiger partial charge < -0.3 is 0 Å². The van der Waals surface area contributed by atoms with E-state index < -0.39 is 0 Å². The zero-order chi connectivity index (χ0) is 9.80. The van der Waals surface area contributed by atoms with E-state index in [0.717, 1.165) is 30.7 Å². The molecule has 0 N–H and O–H groups in total. The van der Waals surface area contributed by atoms with E-state index in [0.29, 0.717) is 0 Å². The van der Waals surface area contributed by atoms with E-state index in [4.69, 9.17) is 11.6 Å². The molecule has 1 aromatic carbocycles. The van der Waals surface area contributed by atoms with Gasteiger partial charge in [0.2, 0.25) is 0 Å². The summed E-state index contributed by atoms with van der Waals surface area (Å²) in [6.07, 6.45) is 3.28. The van der Waals surface area contributed by atoms with Crippen molar-refractivity contribution in [2.75, 3.05) is 5.88 Å². The minimum Gasteiger partial charge on any atom is -0.241 e. The Kier molecular flexibility index (Phi) is 3.38. The Balaban J connectivity index is 2.11. The Morgan fingerprint density at radius 1 is 1.21 bits per heavy atom. The molecule has 0 spiro atoms. The van der Waals surface area contributed by atoms with Crippen molar-refractivity contribution in [2.45, 2.75) is 19.3 Å². The lowest BCUT2D eigenvalue weighted by Gasteiger charge is -1.91. The lowest BCUT2D eigenvalue weighted by atomic mass is 10.2. The topological polar surface area (TPSA) is 12.9 Å². The van der Waals surface area contributed by atoms with Crippen LogP contribution in [0, 0.1) is 0 Å². The van der Waals surface area contributed by atoms with Crippen LogP contribution in [0.5, 0.6) is 0 Å². The van der Waals surface area contributed by atoms with Crippen LogP contribution in [0.25, 0.3) is 10.2 Å². The number of fused-ring (bicyclic) bond motifs is 1. The summed E-state index contributed by atoms with van der Waals surface area (Å²) in [5, 5.41) is 1.23. The molecule has 2 rings (SSSR count). The molecular weight excluding hydrogens is 214 g/mol. The minimum atomic E-state index is 0.755. The number of thiazole rings is 1. The molecule has 3 heteroatoms. The molecule has 74 valence electrons. The third-order valence-electron chi connectivity index (χ3n) is 2.11. The molecule has 0 radical (unpaired) electrons. The van der Waals surface area contributed by atoms with Crippen molar-refractivity contribution >= 4 is 33.2 Å². The Morgan fingerprint density at radius 3 is 2.86 bits per heavy atom. The summed E-state index contributed by atoms with van der Waals surface area (Å²) < 4.78 is 1.29. The van der Waals surface area contributed by atoms with Gasteiger partial charge in [-0.1, -0.05) is 12.1 Å². The Labute approximate surface area is 92.7 Å². The highest BCUT2D eigenvalue weighted by molar-refractivity contribution is 7.18. The summed E-state index contributed by atoms with van der Waals surface area (Å²) in [4.78, 5) is 4.56. The lowest BCUT2D eigenvalue weighted by Crippen LogP contribution is -1.84. The first-order valence-electron chi connectivity index (χ1n) is 4.80. The molecule has 0 fully saturated rings. The number of nitrogens with zero attached hydrogens (tertiary/aromatic N) is 1. The summed E-state index contributed by atoms with van der Waals surface area (Å²) in [7, 11) is 0. The van der Waals surface area contributed by atoms with Crippen LogP contribution in [-0.4, -0.2) is 10.9 Å². The maximum atomic E-state index is 5.63. The van der Waals surface area contributed by atoms with Crippen molar-refractivity contribution < 1.29 is 0 Å². The van der Waals surface area contributed by atoms with E-state index in [1.807, 2.05) is 6.07 Å². The van der Waals surface area contributed by atoms with Crippen LogP contribution in [0.4, 0.5) is 0 Å². The highest BCUT2D eigenvalue weighted by Crippen LogP contribution is 2.22. The van der Waals surface area contributed by atoms with E-state index in [9.17, 15) is 0 Å². The van der Waals surface area contributed by atoms with E-state index in [1.165, 1.54) is 9.71 Å². The van der Waals surface area contributed by atoms with E-state index >= 15 is 0 Å². The average molecular weight is 226 g/mol. The molecule has 0 unspecified atom stereocenters. The predicted octanol–water partition coefficient (Wildman–Crippen LogP) is 3.86. The van der Waals surface area contributed by atoms with Gasteiger partial charge in [-0.05, 0) is 31.4 Å². The second-order valence-corrected chi connectivity index (χ2v) is 4.71.